The van der Waals surface area contributed by atoms with Gasteiger partial charge < -0.3 is 15.0 Å². The number of nitrogens with zero attached hydrogens (tertiary/aromatic N) is 5. The number of H-pyrrole nitrogens is 1. The summed E-state index contributed by atoms with van der Waals surface area (Å²) in [4.78, 5) is 28.6. The second kappa shape index (κ2) is 8.92. The fraction of sp³-hybridized carbons (Fsp3) is 0.160. The van der Waals surface area contributed by atoms with E-state index < -0.39 is 0 Å². The van der Waals surface area contributed by atoms with Crippen molar-refractivity contribution >= 4 is 46.1 Å². The molecule has 6 rings (SSSR count). The monoisotopic (exact) mass is 519 g/mol. The molecule has 5 aromatic rings. The van der Waals surface area contributed by atoms with Crippen LogP contribution in [0.15, 0.2) is 55.1 Å². The van der Waals surface area contributed by atoms with Crippen molar-refractivity contribution in [2.45, 2.75) is 25.9 Å². The molecular weight excluding hydrogens is 501 g/mol. The Morgan fingerprint density at radius 1 is 1.11 bits per heavy atom. The number of aryl methyl sites for hydroxylation is 1. The average molecular weight is 520 g/mol. The highest BCUT2D eigenvalue weighted by Gasteiger charge is 2.33. The van der Waals surface area contributed by atoms with Crippen molar-refractivity contribution in [2.75, 3.05) is 5.32 Å². The minimum atomic E-state index is -0.165. The van der Waals surface area contributed by atoms with Crippen LogP contribution in [0.25, 0.3) is 17.0 Å². The molecule has 36 heavy (non-hydrogen) atoms. The van der Waals surface area contributed by atoms with Crippen molar-refractivity contribution in [1.82, 2.24) is 29.7 Å². The molecule has 0 unspecified atom stereocenters. The third kappa shape index (κ3) is 3.96. The molecule has 4 heterocycles. The van der Waals surface area contributed by atoms with Crippen LogP contribution in [0.2, 0.25) is 10.0 Å². The molecule has 0 aliphatic carbocycles. The van der Waals surface area contributed by atoms with E-state index in [4.69, 9.17) is 33.0 Å². The minimum absolute atomic E-state index is 0.0960. The first-order chi connectivity index (χ1) is 17.5. The van der Waals surface area contributed by atoms with E-state index in [9.17, 15) is 4.79 Å². The van der Waals surface area contributed by atoms with Gasteiger partial charge in [0.15, 0.2) is 11.5 Å². The molecule has 180 valence electrons. The first-order valence-electron chi connectivity index (χ1n) is 11.2. The molecule has 1 atom stereocenters. The smallest absolute Gasteiger partial charge is 0.226 e. The normalized spacial score (nSPS) is 15.1. The van der Waals surface area contributed by atoms with Gasteiger partial charge in [0.2, 0.25) is 5.91 Å². The van der Waals surface area contributed by atoms with Crippen molar-refractivity contribution < 1.29 is 9.53 Å². The predicted octanol–water partition coefficient (Wildman–Crippen LogP) is 5.21. The third-order valence-electron chi connectivity index (χ3n) is 6.20. The van der Waals surface area contributed by atoms with E-state index in [0.717, 1.165) is 22.4 Å². The van der Waals surface area contributed by atoms with Crippen molar-refractivity contribution in [3.8, 4) is 11.6 Å². The number of ether oxygens (including phenoxy) is 1. The van der Waals surface area contributed by atoms with Crippen LogP contribution in [-0.2, 0) is 11.4 Å². The highest BCUT2D eigenvalue weighted by molar-refractivity contribution is 6.35. The fourth-order valence-electron chi connectivity index (χ4n) is 4.49. The number of fused-ring (bicyclic) bond motifs is 2. The molecular formula is C25H19Cl2N7O2. The molecule has 0 saturated heterocycles. The first kappa shape index (κ1) is 22.5. The van der Waals surface area contributed by atoms with Crippen LogP contribution in [0.3, 0.4) is 0 Å². The third-order valence-corrected chi connectivity index (χ3v) is 6.78. The number of imidazole rings is 1. The Labute approximate surface area is 215 Å². The first-order valence-corrected chi connectivity index (χ1v) is 11.9. The molecule has 0 radical (unpaired) electrons. The molecule has 9 nitrogen and oxygen atoms in total. The van der Waals surface area contributed by atoms with Crippen LogP contribution >= 0.6 is 23.2 Å². The molecule has 11 heteroatoms. The van der Waals surface area contributed by atoms with E-state index in [2.05, 4.69) is 25.3 Å². The van der Waals surface area contributed by atoms with Crippen LogP contribution in [0.4, 0.5) is 5.82 Å². The van der Waals surface area contributed by atoms with E-state index in [1.807, 2.05) is 37.3 Å². The maximum Gasteiger partial charge on any atom is 0.226 e. The van der Waals surface area contributed by atoms with E-state index in [1.54, 1.807) is 23.1 Å². The number of anilines is 1. The Hall–Kier alpha value is -3.95. The molecule has 2 N–H and O–H groups in total. The molecule has 0 spiro atoms. The number of amides is 1. The quantitative estimate of drug-likeness (QED) is 0.329. The lowest BCUT2D eigenvalue weighted by Gasteiger charge is -2.24. The summed E-state index contributed by atoms with van der Waals surface area (Å²) < 4.78 is 7.56. The lowest BCUT2D eigenvalue weighted by atomic mass is 9.86. The number of halogens is 2. The number of aromatic amines is 1. The number of nitrogens with one attached hydrogen (secondary N) is 2. The van der Waals surface area contributed by atoms with Crippen LogP contribution in [0, 0.1) is 6.92 Å². The number of hydrogen-bond donors (Lipinski definition) is 2. The number of benzene rings is 2. The van der Waals surface area contributed by atoms with Gasteiger partial charge in [-0.1, -0.05) is 41.4 Å². The topological polar surface area (TPSA) is 111 Å². The second-order valence-electron chi connectivity index (χ2n) is 8.46. The van der Waals surface area contributed by atoms with Gasteiger partial charge >= 0.3 is 0 Å². The average Bonchev–Trinajstić information content (AvgIpc) is 3.48. The lowest BCUT2D eigenvalue weighted by molar-refractivity contribution is -0.116. The highest BCUT2D eigenvalue weighted by Crippen LogP contribution is 2.40. The zero-order valence-electron chi connectivity index (χ0n) is 19.0. The number of aromatic nitrogens is 6. The summed E-state index contributed by atoms with van der Waals surface area (Å²) >= 11 is 12.2. The van der Waals surface area contributed by atoms with Crippen molar-refractivity contribution in [3.05, 3.63) is 87.5 Å². The maximum atomic E-state index is 12.7. The van der Waals surface area contributed by atoms with Gasteiger partial charge in [0, 0.05) is 33.5 Å². The second-order valence-corrected chi connectivity index (χ2v) is 9.30. The van der Waals surface area contributed by atoms with Gasteiger partial charge in [0.1, 0.15) is 30.0 Å². The summed E-state index contributed by atoms with van der Waals surface area (Å²) in [5.74, 6) is 1.55. The number of rotatable bonds is 5. The molecule has 2 aromatic carbocycles. The molecule has 1 aliphatic heterocycles. The Bertz CT molecular complexity index is 1610. The molecule has 0 saturated carbocycles. The van der Waals surface area contributed by atoms with E-state index >= 15 is 0 Å². The molecule has 1 aliphatic rings. The van der Waals surface area contributed by atoms with Crippen molar-refractivity contribution in [3.63, 3.8) is 0 Å². The van der Waals surface area contributed by atoms with E-state index in [0.29, 0.717) is 51.6 Å². The lowest BCUT2D eigenvalue weighted by Crippen LogP contribution is -2.25. The summed E-state index contributed by atoms with van der Waals surface area (Å²) in [5, 5.41) is 8.84. The van der Waals surface area contributed by atoms with Gasteiger partial charge in [0.05, 0.1) is 12.0 Å². The van der Waals surface area contributed by atoms with Gasteiger partial charge in [0.25, 0.3) is 0 Å². The maximum absolute atomic E-state index is 12.7. The number of carbonyl (C=O) groups excluding carboxylic acids is 1. The van der Waals surface area contributed by atoms with Gasteiger partial charge in [-0.15, -0.1) is 0 Å². The Morgan fingerprint density at radius 3 is 2.75 bits per heavy atom. The van der Waals surface area contributed by atoms with E-state index in [1.165, 1.54) is 6.33 Å². The zero-order chi connectivity index (χ0) is 24.8. The largest absolute Gasteiger partial charge is 0.489 e. The predicted molar refractivity (Wildman–Crippen MR) is 136 cm³/mol. The van der Waals surface area contributed by atoms with Crippen LogP contribution in [-0.4, -0.2) is 35.6 Å². The summed E-state index contributed by atoms with van der Waals surface area (Å²) in [6, 6.07) is 13.0. The Kier molecular flexibility index (Phi) is 5.58. The van der Waals surface area contributed by atoms with Crippen LogP contribution in [0.1, 0.15) is 34.7 Å². The molecule has 0 fully saturated rings. The summed E-state index contributed by atoms with van der Waals surface area (Å²) in [6.45, 7) is 2.25. The standard InChI is InChI=1S/C25H19Cl2N7O2/c1-13-21-18(14-3-6-17(7-4-14)36-10-15-2-5-16(26)8-19(15)27)9-20(35)32-24(21)34(33-13)25-22-23(29-11-28-22)30-12-31-25/h2-8,11-12,18H,9-10H2,1H3,(H,32,35)(H,28,29,30,31)/t18-/m0/s1. The molecule has 3 aromatic heterocycles. The van der Waals surface area contributed by atoms with Gasteiger partial charge in [-0.25, -0.2) is 15.0 Å². The number of hydrogen-bond acceptors (Lipinski definition) is 6. The highest BCUT2D eigenvalue weighted by atomic mass is 35.5. The van der Waals surface area contributed by atoms with Gasteiger partial charge in [-0.05, 0) is 36.8 Å². The van der Waals surface area contributed by atoms with E-state index in [-0.39, 0.29) is 11.8 Å². The minimum Gasteiger partial charge on any atom is -0.489 e. The fourth-order valence-corrected chi connectivity index (χ4v) is 4.96. The van der Waals surface area contributed by atoms with Crippen LogP contribution in [0.5, 0.6) is 5.75 Å². The van der Waals surface area contributed by atoms with Crippen LogP contribution < -0.4 is 10.1 Å². The Morgan fingerprint density at radius 2 is 1.94 bits per heavy atom. The SMILES string of the molecule is Cc1nn(-c2ncnc3nc[nH]c23)c2c1[C@H](c1ccc(OCc3ccc(Cl)cc3Cl)cc1)CC(=O)N2. The van der Waals surface area contributed by atoms with Gasteiger partial charge in [-0.2, -0.15) is 9.78 Å². The summed E-state index contributed by atoms with van der Waals surface area (Å²) in [6.07, 6.45) is 3.29. The van der Waals surface area contributed by atoms with Crippen molar-refractivity contribution in [1.29, 1.82) is 0 Å². The Balaban J connectivity index is 1.30. The summed E-state index contributed by atoms with van der Waals surface area (Å²) in [5.41, 5.74) is 4.75. The van der Waals surface area contributed by atoms with Gasteiger partial charge in [-0.3, -0.25) is 4.79 Å². The number of carbonyl (C=O) groups is 1. The molecule has 0 bridgehead atoms. The van der Waals surface area contributed by atoms with Crippen molar-refractivity contribution in [2.24, 2.45) is 0 Å². The zero-order valence-corrected chi connectivity index (χ0v) is 20.5. The summed E-state index contributed by atoms with van der Waals surface area (Å²) in [7, 11) is 0. The molecule has 1 amide bonds.